The average molecular weight is 302 g/mol. The third-order valence-electron chi connectivity index (χ3n) is 2.02. The molecular weight excluding hydrogens is 291 g/mol. The quantitative estimate of drug-likeness (QED) is 0.823. The lowest BCUT2D eigenvalue weighted by Gasteiger charge is -2.11. The van der Waals surface area contributed by atoms with Gasteiger partial charge in [0.15, 0.2) is 0 Å². The van der Waals surface area contributed by atoms with Gasteiger partial charge < -0.3 is 10.8 Å². The van der Waals surface area contributed by atoms with Gasteiger partial charge in [0, 0.05) is 15.2 Å². The van der Waals surface area contributed by atoms with E-state index in [2.05, 4.69) is 22.6 Å². The van der Waals surface area contributed by atoms with Gasteiger partial charge in [-0.2, -0.15) is 5.26 Å². The van der Waals surface area contributed by atoms with Crippen molar-refractivity contribution in [3.05, 3.63) is 26.8 Å². The highest BCUT2D eigenvalue weighted by atomic mass is 127. The highest BCUT2D eigenvalue weighted by molar-refractivity contribution is 14.1. The summed E-state index contributed by atoms with van der Waals surface area (Å²) in [6.45, 7) is 1.92. The highest BCUT2D eigenvalue weighted by Gasteiger charge is 2.12. The Morgan fingerprint density at radius 2 is 2.29 bits per heavy atom. The van der Waals surface area contributed by atoms with Gasteiger partial charge in [-0.15, -0.1) is 0 Å². The van der Waals surface area contributed by atoms with Gasteiger partial charge in [0.1, 0.15) is 5.75 Å². The number of nitrogens with two attached hydrogens (primary N) is 1. The molecule has 0 aliphatic heterocycles. The van der Waals surface area contributed by atoms with Crippen LogP contribution in [0.2, 0.25) is 0 Å². The number of benzene rings is 1. The number of nitriles is 1. The summed E-state index contributed by atoms with van der Waals surface area (Å²) in [6, 6.07) is 5.08. The first-order valence-electron chi connectivity index (χ1n) is 4.17. The van der Waals surface area contributed by atoms with Crippen molar-refractivity contribution in [3.8, 4) is 11.8 Å². The van der Waals surface area contributed by atoms with Crippen LogP contribution in [0.3, 0.4) is 0 Å². The molecule has 4 heteroatoms. The van der Waals surface area contributed by atoms with Crippen LogP contribution in [-0.2, 0) is 0 Å². The maximum absolute atomic E-state index is 9.62. The van der Waals surface area contributed by atoms with E-state index in [1.54, 1.807) is 6.07 Å². The molecule has 0 aliphatic rings. The topological polar surface area (TPSA) is 70.0 Å². The average Bonchev–Trinajstić information content (AvgIpc) is 2.11. The third-order valence-corrected chi connectivity index (χ3v) is 3.18. The van der Waals surface area contributed by atoms with Gasteiger partial charge in [-0.05, 0) is 47.2 Å². The van der Waals surface area contributed by atoms with Crippen molar-refractivity contribution in [1.82, 2.24) is 0 Å². The normalized spacial score (nSPS) is 12.1. The van der Waals surface area contributed by atoms with E-state index in [1.807, 2.05) is 19.1 Å². The Bertz CT molecular complexity index is 384. The first-order chi connectivity index (χ1) is 6.56. The number of halogens is 1. The van der Waals surface area contributed by atoms with Crippen molar-refractivity contribution in [3.63, 3.8) is 0 Å². The number of aryl methyl sites for hydroxylation is 1. The van der Waals surface area contributed by atoms with E-state index in [0.29, 0.717) is 5.56 Å². The smallest absolute Gasteiger partial charge is 0.120 e. The van der Waals surface area contributed by atoms with E-state index in [-0.39, 0.29) is 12.2 Å². The van der Waals surface area contributed by atoms with Crippen LogP contribution < -0.4 is 5.73 Å². The second kappa shape index (κ2) is 4.62. The van der Waals surface area contributed by atoms with Crippen LogP contribution in [0.1, 0.15) is 23.6 Å². The number of aromatic hydroxyl groups is 1. The van der Waals surface area contributed by atoms with Crippen LogP contribution in [0.4, 0.5) is 0 Å². The second-order valence-corrected chi connectivity index (χ2v) is 4.29. The molecule has 3 N–H and O–H groups in total. The van der Waals surface area contributed by atoms with Crippen LogP contribution in [-0.4, -0.2) is 5.11 Å². The third kappa shape index (κ3) is 2.36. The van der Waals surface area contributed by atoms with E-state index >= 15 is 0 Å². The van der Waals surface area contributed by atoms with Crippen LogP contribution in [0.5, 0.6) is 5.75 Å². The molecule has 0 saturated heterocycles. The molecule has 1 aromatic rings. The van der Waals surface area contributed by atoms with Crippen molar-refractivity contribution in [1.29, 1.82) is 5.26 Å². The Morgan fingerprint density at radius 1 is 1.64 bits per heavy atom. The van der Waals surface area contributed by atoms with Crippen molar-refractivity contribution in [2.75, 3.05) is 0 Å². The molecule has 1 rings (SSSR count). The summed E-state index contributed by atoms with van der Waals surface area (Å²) in [5.74, 6) is 0.172. The number of rotatable bonds is 2. The van der Waals surface area contributed by atoms with E-state index < -0.39 is 6.04 Å². The first-order valence-corrected chi connectivity index (χ1v) is 5.25. The monoisotopic (exact) mass is 302 g/mol. The van der Waals surface area contributed by atoms with Gasteiger partial charge in [-0.1, -0.05) is 0 Å². The predicted molar refractivity (Wildman–Crippen MR) is 62.7 cm³/mol. The fourth-order valence-electron chi connectivity index (χ4n) is 1.19. The van der Waals surface area contributed by atoms with E-state index in [4.69, 9.17) is 11.0 Å². The summed E-state index contributed by atoms with van der Waals surface area (Å²) in [4.78, 5) is 0. The molecule has 0 spiro atoms. The fourth-order valence-corrected chi connectivity index (χ4v) is 1.68. The second-order valence-electron chi connectivity index (χ2n) is 3.13. The SMILES string of the molecule is Cc1cc(O)c([C@@H](N)CC#N)cc1I. The molecule has 1 aromatic carbocycles. The zero-order chi connectivity index (χ0) is 10.7. The predicted octanol–water partition coefficient (Wildman–Crippen LogP) is 2.22. The Morgan fingerprint density at radius 3 is 2.86 bits per heavy atom. The Kier molecular flexibility index (Phi) is 3.72. The zero-order valence-corrected chi connectivity index (χ0v) is 9.95. The number of hydrogen-bond donors (Lipinski definition) is 2. The number of nitrogens with zero attached hydrogens (tertiary/aromatic N) is 1. The Labute approximate surface area is 96.7 Å². The maximum Gasteiger partial charge on any atom is 0.120 e. The number of phenolic OH excluding ortho intramolecular Hbond substituents is 1. The first kappa shape index (κ1) is 11.3. The fraction of sp³-hybridized carbons (Fsp3) is 0.300. The van der Waals surface area contributed by atoms with Crippen molar-refractivity contribution < 1.29 is 5.11 Å². The molecule has 0 aromatic heterocycles. The minimum Gasteiger partial charge on any atom is -0.508 e. The molecule has 74 valence electrons. The molecule has 0 heterocycles. The molecular formula is C10H11IN2O. The molecule has 0 saturated carbocycles. The van der Waals surface area contributed by atoms with Crippen LogP contribution in [0.25, 0.3) is 0 Å². The standard InChI is InChI=1S/C10H11IN2O/c1-6-4-10(14)7(5-8(6)11)9(13)2-3-12/h4-5,9,14H,2,13H2,1H3/t9-/m0/s1. The summed E-state index contributed by atoms with van der Waals surface area (Å²) in [5.41, 5.74) is 7.39. The van der Waals surface area contributed by atoms with Crippen LogP contribution >= 0.6 is 22.6 Å². The molecule has 0 fully saturated rings. The summed E-state index contributed by atoms with van der Waals surface area (Å²) in [7, 11) is 0. The lowest BCUT2D eigenvalue weighted by Crippen LogP contribution is -2.10. The molecule has 14 heavy (non-hydrogen) atoms. The lowest BCUT2D eigenvalue weighted by atomic mass is 10.0. The summed E-state index contributed by atoms with van der Waals surface area (Å²) in [6.07, 6.45) is 0.215. The van der Waals surface area contributed by atoms with Gasteiger partial charge >= 0.3 is 0 Å². The highest BCUT2D eigenvalue weighted by Crippen LogP contribution is 2.28. The van der Waals surface area contributed by atoms with E-state index in [1.165, 1.54) is 0 Å². The molecule has 0 bridgehead atoms. The Balaban J connectivity index is 3.10. The maximum atomic E-state index is 9.62. The Hall–Kier alpha value is -0.800. The van der Waals surface area contributed by atoms with E-state index in [9.17, 15) is 5.11 Å². The molecule has 0 unspecified atom stereocenters. The molecule has 0 radical (unpaired) electrons. The van der Waals surface area contributed by atoms with Gasteiger partial charge in [-0.25, -0.2) is 0 Å². The van der Waals surface area contributed by atoms with Gasteiger partial charge in [0.2, 0.25) is 0 Å². The van der Waals surface area contributed by atoms with Crippen LogP contribution in [0, 0.1) is 21.8 Å². The number of hydrogen-bond acceptors (Lipinski definition) is 3. The molecule has 3 nitrogen and oxygen atoms in total. The lowest BCUT2D eigenvalue weighted by molar-refractivity contribution is 0.461. The van der Waals surface area contributed by atoms with Gasteiger partial charge in [-0.3, -0.25) is 0 Å². The largest absolute Gasteiger partial charge is 0.508 e. The molecule has 0 amide bonds. The molecule has 0 aliphatic carbocycles. The van der Waals surface area contributed by atoms with Crippen LogP contribution in [0.15, 0.2) is 12.1 Å². The summed E-state index contributed by atoms with van der Waals surface area (Å²) >= 11 is 2.18. The minimum absolute atomic E-state index is 0.172. The van der Waals surface area contributed by atoms with Crippen molar-refractivity contribution in [2.45, 2.75) is 19.4 Å². The van der Waals surface area contributed by atoms with Gasteiger partial charge in [0.05, 0.1) is 12.5 Å². The zero-order valence-electron chi connectivity index (χ0n) is 7.79. The van der Waals surface area contributed by atoms with Crippen molar-refractivity contribution >= 4 is 22.6 Å². The van der Waals surface area contributed by atoms with Gasteiger partial charge in [0.25, 0.3) is 0 Å². The summed E-state index contributed by atoms with van der Waals surface area (Å²) in [5, 5.41) is 18.1. The summed E-state index contributed by atoms with van der Waals surface area (Å²) < 4.78 is 1.05. The minimum atomic E-state index is -0.408. The molecule has 1 atom stereocenters. The van der Waals surface area contributed by atoms with E-state index in [0.717, 1.165) is 9.13 Å². The van der Waals surface area contributed by atoms with Crippen molar-refractivity contribution in [2.24, 2.45) is 5.73 Å². The number of phenols is 1.